The molecule has 3 heteroatoms. The lowest BCUT2D eigenvalue weighted by Gasteiger charge is -1.98. The molecule has 0 bridgehead atoms. The zero-order valence-electron chi connectivity index (χ0n) is 8.48. The van der Waals surface area contributed by atoms with E-state index in [4.69, 9.17) is 4.42 Å². The first kappa shape index (κ1) is 10.9. The normalized spacial score (nSPS) is 10.0. The standard InChI is InChI=1S/C13H9NO.BrH/c1-2-4-10(5-3-1)11-6-7-13-12(8-11)14-9-15-13;/h1-9H;1H. The summed E-state index contributed by atoms with van der Waals surface area (Å²) in [5, 5.41) is 0. The number of nitrogens with one attached hydrogen (secondary N) is 1. The average molecular weight is 276 g/mol. The summed E-state index contributed by atoms with van der Waals surface area (Å²) in [4.78, 5) is 3.06. The minimum absolute atomic E-state index is 0. The summed E-state index contributed by atoms with van der Waals surface area (Å²) in [6.07, 6.45) is 1.60. The molecule has 0 atom stereocenters. The van der Waals surface area contributed by atoms with Crippen molar-refractivity contribution in [1.82, 2.24) is 0 Å². The molecule has 0 aliphatic rings. The first-order valence-electron chi connectivity index (χ1n) is 4.88. The van der Waals surface area contributed by atoms with Crippen molar-refractivity contribution in [2.24, 2.45) is 0 Å². The third kappa shape index (κ3) is 1.86. The molecule has 1 aromatic heterocycles. The highest BCUT2D eigenvalue weighted by molar-refractivity contribution is 5.77. The van der Waals surface area contributed by atoms with Crippen molar-refractivity contribution >= 4 is 11.1 Å². The van der Waals surface area contributed by atoms with Crippen molar-refractivity contribution in [3.05, 3.63) is 54.9 Å². The molecule has 0 saturated heterocycles. The average Bonchev–Trinajstić information content (AvgIpc) is 2.77. The summed E-state index contributed by atoms with van der Waals surface area (Å²) in [5.41, 5.74) is 4.32. The zero-order valence-corrected chi connectivity index (χ0v) is 10.1. The molecule has 3 aromatic rings. The molecule has 3 rings (SSSR count). The Hall–Kier alpha value is -1.61. The zero-order chi connectivity index (χ0) is 10.1. The third-order valence-corrected chi connectivity index (χ3v) is 2.49. The van der Waals surface area contributed by atoms with Crippen LogP contribution in [0.25, 0.3) is 22.2 Å². The highest BCUT2D eigenvalue weighted by atomic mass is 79.9. The minimum Gasteiger partial charge on any atom is -1.00 e. The van der Waals surface area contributed by atoms with E-state index in [2.05, 4.69) is 29.2 Å². The van der Waals surface area contributed by atoms with Gasteiger partial charge >= 0.3 is 6.39 Å². The van der Waals surface area contributed by atoms with Gasteiger partial charge in [0.05, 0.1) is 0 Å². The molecular weight excluding hydrogens is 266 g/mol. The molecule has 2 nitrogen and oxygen atoms in total. The van der Waals surface area contributed by atoms with E-state index in [1.165, 1.54) is 11.1 Å². The van der Waals surface area contributed by atoms with Gasteiger partial charge in [0.1, 0.15) is 0 Å². The van der Waals surface area contributed by atoms with Crippen LogP contribution in [0.4, 0.5) is 0 Å². The third-order valence-electron chi connectivity index (χ3n) is 2.49. The van der Waals surface area contributed by atoms with Crippen LogP contribution in [0.15, 0.2) is 59.3 Å². The van der Waals surface area contributed by atoms with Crippen LogP contribution in [-0.2, 0) is 0 Å². The molecule has 0 saturated carbocycles. The molecule has 2 aromatic carbocycles. The number of fused-ring (bicyclic) bond motifs is 1. The molecule has 0 aliphatic carbocycles. The van der Waals surface area contributed by atoms with Gasteiger partial charge in [-0.05, 0) is 17.2 Å². The number of rotatable bonds is 1. The fourth-order valence-electron chi connectivity index (χ4n) is 1.71. The molecule has 16 heavy (non-hydrogen) atoms. The largest absolute Gasteiger partial charge is 1.00 e. The topological polar surface area (TPSA) is 27.3 Å². The lowest BCUT2D eigenvalue weighted by Crippen LogP contribution is -3.00. The number of benzene rings is 2. The van der Waals surface area contributed by atoms with E-state index in [0.717, 1.165) is 11.1 Å². The van der Waals surface area contributed by atoms with Gasteiger partial charge < -0.3 is 21.4 Å². The van der Waals surface area contributed by atoms with E-state index in [1.54, 1.807) is 6.39 Å². The van der Waals surface area contributed by atoms with Crippen molar-refractivity contribution in [1.29, 1.82) is 0 Å². The van der Waals surface area contributed by atoms with Gasteiger partial charge in [0.25, 0.3) is 0 Å². The van der Waals surface area contributed by atoms with Gasteiger partial charge in [-0.15, -0.1) is 0 Å². The first-order valence-corrected chi connectivity index (χ1v) is 4.88. The van der Waals surface area contributed by atoms with Crippen LogP contribution >= 0.6 is 0 Å². The summed E-state index contributed by atoms with van der Waals surface area (Å²) < 4.78 is 5.25. The van der Waals surface area contributed by atoms with Crippen molar-refractivity contribution in [3.8, 4) is 11.1 Å². The van der Waals surface area contributed by atoms with Gasteiger partial charge in [-0.25, -0.2) is 0 Å². The number of aromatic amines is 1. The van der Waals surface area contributed by atoms with E-state index in [0.29, 0.717) is 0 Å². The Morgan fingerprint density at radius 3 is 2.50 bits per heavy atom. The molecule has 1 N–H and O–H groups in total. The Balaban J connectivity index is 0.000000963. The summed E-state index contributed by atoms with van der Waals surface area (Å²) >= 11 is 0. The van der Waals surface area contributed by atoms with Crippen LogP contribution in [0.1, 0.15) is 0 Å². The van der Waals surface area contributed by atoms with Crippen LogP contribution in [0, 0.1) is 0 Å². The molecule has 0 radical (unpaired) electrons. The van der Waals surface area contributed by atoms with E-state index in [9.17, 15) is 0 Å². The van der Waals surface area contributed by atoms with Crippen LogP contribution in [0.2, 0.25) is 0 Å². The Labute approximate surface area is 104 Å². The molecule has 0 aliphatic heterocycles. The molecule has 80 valence electrons. The number of hydrogen-bond donors (Lipinski definition) is 0. The van der Waals surface area contributed by atoms with Crippen molar-refractivity contribution in [2.75, 3.05) is 0 Å². The Bertz CT molecular complexity index is 589. The number of aromatic nitrogens is 1. The maximum Gasteiger partial charge on any atom is 0.333 e. The monoisotopic (exact) mass is 275 g/mol. The number of H-pyrrole nitrogens is 1. The lowest BCUT2D eigenvalue weighted by atomic mass is 10.1. The maximum atomic E-state index is 5.25. The van der Waals surface area contributed by atoms with Crippen LogP contribution in [0.5, 0.6) is 0 Å². The quantitative estimate of drug-likeness (QED) is 0.611. The van der Waals surface area contributed by atoms with Crippen LogP contribution < -0.4 is 22.0 Å². The van der Waals surface area contributed by atoms with Gasteiger partial charge in [-0.2, -0.15) is 4.98 Å². The highest BCUT2D eigenvalue weighted by Gasteiger charge is 2.05. The predicted molar refractivity (Wildman–Crippen MR) is 58.2 cm³/mol. The first-order chi connectivity index (χ1) is 7.43. The summed E-state index contributed by atoms with van der Waals surface area (Å²) in [7, 11) is 0. The smallest absolute Gasteiger partial charge is 0.333 e. The fraction of sp³-hybridized carbons (Fsp3) is 0. The second kappa shape index (κ2) is 4.49. The Morgan fingerprint density at radius 1 is 0.875 bits per heavy atom. The Kier molecular flexibility index (Phi) is 3.06. The summed E-state index contributed by atoms with van der Waals surface area (Å²) in [6, 6.07) is 16.4. The van der Waals surface area contributed by atoms with Gasteiger partial charge in [-0.1, -0.05) is 36.4 Å². The van der Waals surface area contributed by atoms with Crippen LogP contribution in [0.3, 0.4) is 0 Å². The van der Waals surface area contributed by atoms with Gasteiger partial charge in [0.15, 0.2) is 0 Å². The predicted octanol–water partition coefficient (Wildman–Crippen LogP) is -0.0821. The van der Waals surface area contributed by atoms with E-state index in [-0.39, 0.29) is 17.0 Å². The highest BCUT2D eigenvalue weighted by Crippen LogP contribution is 2.21. The fourth-order valence-corrected chi connectivity index (χ4v) is 1.71. The van der Waals surface area contributed by atoms with Crippen molar-refractivity contribution < 1.29 is 26.4 Å². The molecule has 0 spiro atoms. The Morgan fingerprint density at radius 2 is 1.69 bits per heavy atom. The SMILES string of the molecule is [Br-].c1ccc(-c2ccc3oc[nH+]c3c2)cc1. The van der Waals surface area contributed by atoms with E-state index >= 15 is 0 Å². The van der Waals surface area contributed by atoms with Crippen molar-refractivity contribution in [3.63, 3.8) is 0 Å². The molecule has 0 amide bonds. The summed E-state index contributed by atoms with van der Waals surface area (Å²) in [6.45, 7) is 0. The molecular formula is C13H10BrNO. The van der Waals surface area contributed by atoms with Gasteiger partial charge in [0, 0.05) is 6.07 Å². The second-order valence-corrected chi connectivity index (χ2v) is 3.46. The number of hydrogen-bond acceptors (Lipinski definition) is 1. The van der Waals surface area contributed by atoms with Gasteiger partial charge in [0.2, 0.25) is 11.1 Å². The number of oxazole rings is 1. The minimum atomic E-state index is 0. The summed E-state index contributed by atoms with van der Waals surface area (Å²) in [5.74, 6) is 0. The van der Waals surface area contributed by atoms with E-state index in [1.807, 2.05) is 24.3 Å². The lowest BCUT2D eigenvalue weighted by molar-refractivity contribution is -0.354. The molecule has 0 fully saturated rings. The van der Waals surface area contributed by atoms with Crippen molar-refractivity contribution in [2.45, 2.75) is 0 Å². The van der Waals surface area contributed by atoms with Crippen LogP contribution in [-0.4, -0.2) is 0 Å². The van der Waals surface area contributed by atoms with E-state index < -0.39 is 0 Å². The second-order valence-electron chi connectivity index (χ2n) is 3.46. The number of halogens is 1. The molecule has 0 unspecified atom stereocenters. The van der Waals surface area contributed by atoms with Gasteiger partial charge in [-0.3, -0.25) is 0 Å². The molecule has 1 heterocycles. The maximum absolute atomic E-state index is 5.25.